The zero-order chi connectivity index (χ0) is 31.2. The minimum absolute atomic E-state index is 1.23. The Morgan fingerprint density at radius 3 is 0.684 bits per heavy atom. The molecule has 0 aliphatic rings. The van der Waals surface area contributed by atoms with Gasteiger partial charge in [-0.1, -0.05) is 0 Å². The van der Waals surface area contributed by atoms with Crippen molar-refractivity contribution in [2.45, 2.75) is 61.3 Å². The molecule has 0 spiro atoms. The Kier molecular flexibility index (Phi) is 9.59. The predicted molar refractivity (Wildman–Crippen MR) is 63.1 cm³/mol. The van der Waals surface area contributed by atoms with Crippen LogP contribution in [0.1, 0.15) is 0 Å². The highest BCUT2D eigenvalue weighted by Gasteiger charge is 2.78. The van der Waals surface area contributed by atoms with E-state index in [-0.39, 0.29) is 0 Å². The fourth-order valence-corrected chi connectivity index (χ4v) is 1.32. The Labute approximate surface area is 190 Å². The van der Waals surface area contributed by atoms with Gasteiger partial charge in [0.2, 0.25) is 0 Å². The first kappa shape index (κ1) is 36.3. The molecule has 0 aromatic rings. The van der Waals surface area contributed by atoms with E-state index in [2.05, 4.69) is 0 Å². The van der Waals surface area contributed by atoms with E-state index in [1.54, 1.807) is 0 Å². The third kappa shape index (κ3) is 8.39. The quantitative estimate of drug-likeness (QED) is 0.241. The number of alkyl halides is 21. The lowest BCUT2D eigenvalue weighted by atomic mass is 10.4. The van der Waals surface area contributed by atoms with Crippen molar-refractivity contribution in [2.24, 2.45) is 0 Å². The Hall–Kier alpha value is -1.71. The average molecular weight is 630 g/mol. The second-order valence-electron chi connectivity index (χ2n) is 5.89. The first-order chi connectivity index (χ1) is 16.1. The highest BCUT2D eigenvalue weighted by Crippen LogP contribution is 2.52. The van der Waals surface area contributed by atoms with Crippen LogP contribution >= 0.6 is 0 Å². The van der Waals surface area contributed by atoms with Crippen molar-refractivity contribution in [3.05, 3.63) is 0 Å². The molecule has 0 aliphatic carbocycles. The fraction of sp³-hybridized carbons (Fsp3) is 1.00. The van der Waals surface area contributed by atoms with Gasteiger partial charge in [-0.2, -0.15) is 79.0 Å². The molecule has 38 heavy (non-hydrogen) atoms. The minimum atomic E-state index is -7.90. The highest BCUT2D eigenvalue weighted by atomic mass is 19.4. The highest BCUT2D eigenvalue weighted by molar-refractivity contribution is 4.80. The summed E-state index contributed by atoms with van der Waals surface area (Å²) in [7, 11) is 0. The van der Waals surface area contributed by atoms with Crippen LogP contribution in [0.15, 0.2) is 0 Å². The number of hydrogen-bond acceptors (Lipinski definition) is 6. The normalized spacial score (nSPS) is 16.3. The van der Waals surface area contributed by atoms with Crippen LogP contribution in [0, 0.1) is 0 Å². The maximum Gasteiger partial charge on any atom is 0.527 e. The number of ether oxygens (including phenoxy) is 5. The third-order valence-corrected chi connectivity index (χ3v) is 2.83. The molecule has 1 N–H and O–H groups in total. The van der Waals surface area contributed by atoms with E-state index in [1.165, 1.54) is 18.9 Å². The van der Waals surface area contributed by atoms with E-state index in [0.29, 0.717) is 0 Å². The summed E-state index contributed by atoms with van der Waals surface area (Å²) in [6, 6.07) is 0. The average Bonchev–Trinajstić information content (AvgIpc) is 2.55. The molecular formula is C11H3F21O6. The summed E-state index contributed by atoms with van der Waals surface area (Å²) in [5.74, 6) is 0. The molecule has 0 atom stereocenters. The number of rotatable bonds is 14. The standard InChI is InChI=1S/C11H3F21O6/c12-2(13,1-33)34-3(14,15)4(16,17)35-5(18,19)6(20,21)36-7(22,23)8(24,25)37-9(26,27)10(28,29)38-11(30,31)32/h33H,1H2. The molecule has 0 heterocycles. The van der Waals surface area contributed by atoms with Crippen molar-refractivity contribution < 1.29 is 121 Å². The summed E-state index contributed by atoms with van der Waals surface area (Å²) in [5.41, 5.74) is 0. The van der Waals surface area contributed by atoms with Gasteiger partial charge in [-0.25, -0.2) is 23.7 Å². The maximum atomic E-state index is 13.2. The van der Waals surface area contributed by atoms with Crippen LogP contribution in [-0.2, 0) is 23.7 Å². The number of hydrogen-bond donors (Lipinski definition) is 1. The fourth-order valence-electron chi connectivity index (χ4n) is 1.32. The van der Waals surface area contributed by atoms with Gasteiger partial charge in [-0.15, -0.1) is 13.2 Å². The van der Waals surface area contributed by atoms with Crippen molar-refractivity contribution in [1.82, 2.24) is 0 Å². The first-order valence-corrected chi connectivity index (χ1v) is 7.68. The van der Waals surface area contributed by atoms with Gasteiger partial charge in [0.25, 0.3) is 0 Å². The molecule has 0 bridgehead atoms. The summed E-state index contributed by atoms with van der Waals surface area (Å²) in [5, 5.41) is 7.86. The minimum Gasteiger partial charge on any atom is -0.387 e. The Balaban J connectivity index is 6.03. The first-order valence-electron chi connectivity index (χ1n) is 7.68. The Bertz CT molecular complexity index is 806. The summed E-state index contributed by atoms with van der Waals surface area (Å²) < 4.78 is 274. The topological polar surface area (TPSA) is 66.4 Å². The van der Waals surface area contributed by atoms with Gasteiger partial charge in [-0.05, 0) is 0 Å². The lowest BCUT2D eigenvalue weighted by molar-refractivity contribution is -0.589. The van der Waals surface area contributed by atoms with Crippen LogP contribution < -0.4 is 0 Å². The zero-order valence-electron chi connectivity index (χ0n) is 16.1. The SMILES string of the molecule is OCC(F)(F)OC(F)(F)C(F)(F)OC(F)(F)C(F)(F)OC(F)(F)C(F)(F)OC(F)(F)C(F)(F)OC(F)(F)F. The molecular weight excluding hydrogens is 627 g/mol. The van der Waals surface area contributed by atoms with Crippen molar-refractivity contribution >= 4 is 0 Å². The molecule has 0 radical (unpaired) electrons. The van der Waals surface area contributed by atoms with Gasteiger partial charge < -0.3 is 5.11 Å². The van der Waals surface area contributed by atoms with Crippen LogP contribution in [0.3, 0.4) is 0 Å². The van der Waals surface area contributed by atoms with Crippen LogP contribution in [-0.4, -0.2) is 73.1 Å². The van der Waals surface area contributed by atoms with Crippen LogP contribution in [0.2, 0.25) is 0 Å². The monoisotopic (exact) mass is 630 g/mol. The van der Waals surface area contributed by atoms with E-state index in [9.17, 15) is 92.2 Å². The summed E-state index contributed by atoms with van der Waals surface area (Å²) in [6.07, 6.45) is -73.8. The zero-order valence-corrected chi connectivity index (χ0v) is 16.1. The van der Waals surface area contributed by atoms with Gasteiger partial charge in [0.15, 0.2) is 0 Å². The lowest BCUT2D eigenvalue weighted by Gasteiger charge is -2.36. The number of aliphatic hydroxyl groups is 1. The molecule has 0 aromatic heterocycles. The smallest absolute Gasteiger partial charge is 0.387 e. The van der Waals surface area contributed by atoms with Crippen molar-refractivity contribution in [3.63, 3.8) is 0 Å². The largest absolute Gasteiger partial charge is 0.527 e. The molecule has 0 rings (SSSR count). The Morgan fingerprint density at radius 2 is 0.500 bits per heavy atom. The second-order valence-corrected chi connectivity index (χ2v) is 5.89. The molecule has 6 nitrogen and oxygen atoms in total. The Morgan fingerprint density at radius 1 is 0.316 bits per heavy atom. The maximum absolute atomic E-state index is 13.2. The second kappa shape index (κ2) is 10.0. The molecule has 0 aliphatic heterocycles. The van der Waals surface area contributed by atoms with E-state index in [4.69, 9.17) is 5.11 Å². The van der Waals surface area contributed by atoms with Crippen LogP contribution in [0.5, 0.6) is 0 Å². The van der Waals surface area contributed by atoms with Gasteiger partial charge in [0, 0.05) is 0 Å². The van der Waals surface area contributed by atoms with Gasteiger partial charge in [-0.3, -0.25) is 0 Å². The number of halogens is 21. The molecule has 27 heteroatoms. The summed E-state index contributed by atoms with van der Waals surface area (Å²) >= 11 is 0. The van der Waals surface area contributed by atoms with Crippen molar-refractivity contribution in [1.29, 1.82) is 0 Å². The summed E-state index contributed by atoms with van der Waals surface area (Å²) in [4.78, 5) is 0. The lowest BCUT2D eigenvalue weighted by Crippen LogP contribution is -2.61. The van der Waals surface area contributed by atoms with Gasteiger partial charge in [0.05, 0.1) is 0 Å². The van der Waals surface area contributed by atoms with E-state index < -0.39 is 67.9 Å². The van der Waals surface area contributed by atoms with Crippen molar-refractivity contribution in [3.8, 4) is 0 Å². The molecule has 0 amide bonds. The number of aliphatic hydroxyl groups excluding tert-OH is 1. The van der Waals surface area contributed by atoms with E-state index in [0.717, 1.165) is 0 Å². The summed E-state index contributed by atoms with van der Waals surface area (Å²) in [6.45, 7) is -2.92. The third-order valence-electron chi connectivity index (χ3n) is 2.83. The molecule has 0 saturated heterocycles. The van der Waals surface area contributed by atoms with Gasteiger partial charge in [0.1, 0.15) is 6.61 Å². The van der Waals surface area contributed by atoms with E-state index in [1.807, 2.05) is 4.74 Å². The molecule has 0 saturated carbocycles. The van der Waals surface area contributed by atoms with Crippen LogP contribution in [0.4, 0.5) is 92.2 Å². The van der Waals surface area contributed by atoms with Crippen LogP contribution in [0.25, 0.3) is 0 Å². The van der Waals surface area contributed by atoms with Gasteiger partial charge >= 0.3 is 61.3 Å². The molecule has 0 unspecified atom stereocenters. The molecule has 0 aromatic carbocycles. The van der Waals surface area contributed by atoms with Crippen molar-refractivity contribution in [2.75, 3.05) is 6.61 Å². The van der Waals surface area contributed by atoms with E-state index >= 15 is 0 Å². The molecule has 0 fully saturated rings. The molecule has 230 valence electrons. The predicted octanol–water partition coefficient (Wildman–Crippen LogP) is 5.92.